The molecule has 0 aromatic heterocycles. The number of nitrogens with one attached hydrogen (secondary N) is 1. The van der Waals surface area contributed by atoms with E-state index in [4.69, 9.17) is 11.6 Å². The maximum absolute atomic E-state index is 12.2. The summed E-state index contributed by atoms with van der Waals surface area (Å²) in [4.78, 5) is 0.208. The van der Waals surface area contributed by atoms with E-state index in [0.717, 1.165) is 5.56 Å². The number of sulfonamides is 1. The summed E-state index contributed by atoms with van der Waals surface area (Å²) in [7, 11) is -3.53. The lowest BCUT2D eigenvalue weighted by Gasteiger charge is -2.14. The Hall–Kier alpha value is -1.36. The fourth-order valence-electron chi connectivity index (χ4n) is 1.72. The van der Waals surface area contributed by atoms with Crippen LogP contribution in [0.5, 0.6) is 0 Å². The first-order chi connectivity index (χ1) is 8.99. The van der Waals surface area contributed by atoms with Gasteiger partial charge in [-0.3, -0.25) is 0 Å². The van der Waals surface area contributed by atoms with E-state index in [-0.39, 0.29) is 10.9 Å². The summed E-state index contributed by atoms with van der Waals surface area (Å²) in [6, 6.07) is 15.2. The molecule has 0 heterocycles. The van der Waals surface area contributed by atoms with Gasteiger partial charge in [-0.1, -0.05) is 41.9 Å². The minimum atomic E-state index is -3.53. The Morgan fingerprint density at radius 2 is 1.58 bits per heavy atom. The van der Waals surface area contributed by atoms with Crippen LogP contribution in [0.4, 0.5) is 0 Å². The lowest BCUT2D eigenvalue weighted by Crippen LogP contribution is -2.26. The van der Waals surface area contributed by atoms with E-state index in [1.54, 1.807) is 12.1 Å². The molecule has 0 bridgehead atoms. The largest absolute Gasteiger partial charge is 0.241 e. The summed E-state index contributed by atoms with van der Waals surface area (Å²) in [6.07, 6.45) is 0. The van der Waals surface area contributed by atoms with E-state index in [2.05, 4.69) is 4.72 Å². The van der Waals surface area contributed by atoms with Gasteiger partial charge in [-0.15, -0.1) is 0 Å². The normalized spacial score (nSPS) is 13.2. The molecule has 2 rings (SSSR count). The molecule has 0 saturated carbocycles. The number of rotatable bonds is 4. The van der Waals surface area contributed by atoms with Gasteiger partial charge in [0.1, 0.15) is 0 Å². The highest BCUT2D eigenvalue weighted by molar-refractivity contribution is 7.89. The van der Waals surface area contributed by atoms with E-state index in [0.29, 0.717) is 5.02 Å². The molecular formula is C14H14ClNO2S. The topological polar surface area (TPSA) is 46.2 Å². The Kier molecular flexibility index (Phi) is 4.24. The molecule has 2 aromatic rings. The third kappa shape index (κ3) is 3.56. The van der Waals surface area contributed by atoms with Gasteiger partial charge in [0.15, 0.2) is 0 Å². The second-order valence-corrected chi connectivity index (χ2v) is 6.36. The second-order valence-electron chi connectivity index (χ2n) is 4.21. The van der Waals surface area contributed by atoms with Crippen LogP contribution in [-0.2, 0) is 10.0 Å². The average molecular weight is 296 g/mol. The molecular weight excluding hydrogens is 282 g/mol. The molecule has 1 N–H and O–H groups in total. The van der Waals surface area contributed by atoms with Crippen molar-refractivity contribution >= 4 is 21.6 Å². The molecule has 0 amide bonds. The van der Waals surface area contributed by atoms with Crippen LogP contribution in [0.2, 0.25) is 5.02 Å². The van der Waals surface area contributed by atoms with Crippen molar-refractivity contribution in [1.29, 1.82) is 0 Å². The fraction of sp³-hybridized carbons (Fsp3) is 0.143. The highest BCUT2D eigenvalue weighted by atomic mass is 35.5. The lowest BCUT2D eigenvalue weighted by atomic mass is 10.1. The summed E-state index contributed by atoms with van der Waals surface area (Å²) < 4.78 is 27.0. The average Bonchev–Trinajstić information content (AvgIpc) is 2.40. The Morgan fingerprint density at radius 1 is 1.00 bits per heavy atom. The van der Waals surface area contributed by atoms with E-state index in [1.807, 2.05) is 37.3 Å². The second kappa shape index (κ2) is 5.74. The summed E-state index contributed by atoms with van der Waals surface area (Å²) in [5.74, 6) is 0. The molecule has 0 aliphatic carbocycles. The van der Waals surface area contributed by atoms with Gasteiger partial charge < -0.3 is 0 Å². The van der Waals surface area contributed by atoms with Crippen LogP contribution in [0.25, 0.3) is 0 Å². The van der Waals surface area contributed by atoms with Gasteiger partial charge >= 0.3 is 0 Å². The molecule has 2 aromatic carbocycles. The van der Waals surface area contributed by atoms with Gasteiger partial charge in [0.05, 0.1) is 4.90 Å². The standard InChI is InChI=1S/C14H14ClNO2S/c1-11(12-5-3-2-4-6-12)16-19(17,18)14-9-7-13(15)8-10-14/h2-11,16H,1H3/t11-/m1/s1. The van der Waals surface area contributed by atoms with Crippen LogP contribution < -0.4 is 4.72 Å². The summed E-state index contributed by atoms with van der Waals surface area (Å²) in [5.41, 5.74) is 0.917. The zero-order chi connectivity index (χ0) is 13.9. The maximum Gasteiger partial charge on any atom is 0.241 e. The zero-order valence-corrected chi connectivity index (χ0v) is 11.9. The summed E-state index contributed by atoms with van der Waals surface area (Å²) in [5, 5.41) is 0.509. The number of halogens is 1. The first kappa shape index (κ1) is 14.1. The first-order valence-corrected chi connectivity index (χ1v) is 7.68. The van der Waals surface area contributed by atoms with Crippen LogP contribution in [0.1, 0.15) is 18.5 Å². The predicted molar refractivity (Wildman–Crippen MR) is 76.6 cm³/mol. The van der Waals surface area contributed by atoms with Crippen LogP contribution in [0.15, 0.2) is 59.5 Å². The molecule has 3 nitrogen and oxygen atoms in total. The SMILES string of the molecule is C[C@@H](NS(=O)(=O)c1ccc(Cl)cc1)c1ccccc1. The molecule has 19 heavy (non-hydrogen) atoms. The first-order valence-electron chi connectivity index (χ1n) is 5.82. The summed E-state index contributed by atoms with van der Waals surface area (Å²) in [6.45, 7) is 1.81. The molecule has 5 heteroatoms. The van der Waals surface area contributed by atoms with Gasteiger partial charge in [0.25, 0.3) is 0 Å². The Bertz CT molecular complexity index is 639. The summed E-state index contributed by atoms with van der Waals surface area (Å²) >= 11 is 5.75. The van der Waals surface area contributed by atoms with Gasteiger partial charge in [0.2, 0.25) is 10.0 Å². The van der Waals surface area contributed by atoms with Crippen LogP contribution in [0, 0.1) is 0 Å². The molecule has 0 spiro atoms. The molecule has 0 fully saturated rings. The number of benzene rings is 2. The maximum atomic E-state index is 12.2. The van der Waals surface area contributed by atoms with Crippen LogP contribution in [0.3, 0.4) is 0 Å². The fourth-order valence-corrected chi connectivity index (χ4v) is 3.08. The van der Waals surface area contributed by atoms with Gasteiger partial charge in [-0.25, -0.2) is 13.1 Å². The predicted octanol–water partition coefficient (Wildman–Crippen LogP) is 3.38. The smallest absolute Gasteiger partial charge is 0.207 e. The van der Waals surface area contributed by atoms with Crippen molar-refractivity contribution < 1.29 is 8.42 Å². The Balaban J connectivity index is 2.20. The van der Waals surface area contributed by atoms with Gasteiger partial charge in [-0.2, -0.15) is 0 Å². The quantitative estimate of drug-likeness (QED) is 0.940. The molecule has 0 saturated heterocycles. The Labute approximate surface area is 118 Å². The third-order valence-corrected chi connectivity index (χ3v) is 4.56. The van der Waals surface area contributed by atoms with Crippen LogP contribution >= 0.6 is 11.6 Å². The van der Waals surface area contributed by atoms with Crippen molar-refractivity contribution in [3.63, 3.8) is 0 Å². The highest BCUT2D eigenvalue weighted by Crippen LogP contribution is 2.18. The van der Waals surface area contributed by atoms with E-state index in [9.17, 15) is 8.42 Å². The van der Waals surface area contributed by atoms with Gasteiger partial charge in [0, 0.05) is 11.1 Å². The number of hydrogen-bond acceptors (Lipinski definition) is 2. The van der Waals surface area contributed by atoms with E-state index in [1.165, 1.54) is 12.1 Å². The molecule has 0 aliphatic rings. The van der Waals surface area contributed by atoms with Crippen molar-refractivity contribution in [3.8, 4) is 0 Å². The minimum Gasteiger partial charge on any atom is -0.207 e. The van der Waals surface area contributed by atoms with Gasteiger partial charge in [-0.05, 0) is 36.8 Å². The molecule has 0 aliphatic heterocycles. The van der Waals surface area contributed by atoms with Crippen LogP contribution in [-0.4, -0.2) is 8.42 Å². The monoisotopic (exact) mass is 295 g/mol. The molecule has 100 valence electrons. The highest BCUT2D eigenvalue weighted by Gasteiger charge is 2.17. The third-order valence-electron chi connectivity index (χ3n) is 2.76. The van der Waals surface area contributed by atoms with E-state index >= 15 is 0 Å². The van der Waals surface area contributed by atoms with Crippen molar-refractivity contribution in [2.75, 3.05) is 0 Å². The molecule has 1 atom stereocenters. The van der Waals surface area contributed by atoms with Crippen molar-refractivity contribution in [2.24, 2.45) is 0 Å². The zero-order valence-electron chi connectivity index (χ0n) is 10.4. The Morgan fingerprint density at radius 3 is 2.16 bits per heavy atom. The van der Waals surface area contributed by atoms with E-state index < -0.39 is 10.0 Å². The lowest BCUT2D eigenvalue weighted by molar-refractivity contribution is 0.567. The van der Waals surface area contributed by atoms with Crippen molar-refractivity contribution in [2.45, 2.75) is 17.9 Å². The number of hydrogen-bond donors (Lipinski definition) is 1. The molecule has 0 radical (unpaired) electrons. The van der Waals surface area contributed by atoms with Crippen molar-refractivity contribution in [3.05, 3.63) is 65.2 Å². The minimum absolute atomic E-state index is 0.208. The molecule has 0 unspecified atom stereocenters. The van der Waals surface area contributed by atoms with Crippen molar-refractivity contribution in [1.82, 2.24) is 4.72 Å².